The van der Waals surface area contributed by atoms with Gasteiger partial charge in [0.15, 0.2) is 6.29 Å². The summed E-state index contributed by atoms with van der Waals surface area (Å²) < 4.78 is 17.8. The Kier molecular flexibility index (Phi) is 42.4. The zero-order valence-electron chi connectivity index (χ0n) is 59.3. The molecule has 0 aromatic rings. The number of hydrogen-bond donors (Lipinski definition) is 19. The van der Waals surface area contributed by atoms with Gasteiger partial charge in [0.1, 0.15) is 36.6 Å². The fourth-order valence-electron chi connectivity index (χ4n) is 13.2. The van der Waals surface area contributed by atoms with Crippen molar-refractivity contribution >= 4 is 5.97 Å². The summed E-state index contributed by atoms with van der Waals surface area (Å²) in [6.45, 7) is 20.3. The van der Waals surface area contributed by atoms with Crippen LogP contribution in [-0.4, -0.2) is 239 Å². The first-order chi connectivity index (χ1) is 44.5. The Balaban J connectivity index is 2.44. The van der Waals surface area contributed by atoms with Crippen LogP contribution in [0.3, 0.4) is 0 Å². The highest BCUT2D eigenvalue weighted by Crippen LogP contribution is 2.33. The summed E-state index contributed by atoms with van der Waals surface area (Å²) in [7, 11) is 0. The summed E-state index contributed by atoms with van der Waals surface area (Å²) in [5.41, 5.74) is 6.49. The second-order valence-electron chi connectivity index (χ2n) is 29.0. The molecular formula is C72H133NO22. The Morgan fingerprint density at radius 3 is 1.67 bits per heavy atom. The number of aliphatic hydroxyl groups is 18. The van der Waals surface area contributed by atoms with Gasteiger partial charge < -0.3 is 112 Å². The number of ether oxygens (including phenoxy) is 3. The van der Waals surface area contributed by atoms with E-state index in [4.69, 9.17) is 19.9 Å². The summed E-state index contributed by atoms with van der Waals surface area (Å²) in [5, 5.41) is 200. The molecule has 0 bridgehead atoms. The highest BCUT2D eigenvalue weighted by atomic mass is 16.7. The van der Waals surface area contributed by atoms with E-state index in [-0.39, 0.29) is 55.9 Å². The maximum atomic E-state index is 13.5. The molecule has 0 saturated carbocycles. The minimum atomic E-state index is -1.87. The first kappa shape index (κ1) is 88.7. The first-order valence-corrected chi connectivity index (χ1v) is 35.6. The maximum Gasteiger partial charge on any atom is 0.306 e. The molecule has 20 N–H and O–H groups in total. The number of nitrogens with two attached hydrogens (primary N) is 1. The van der Waals surface area contributed by atoms with Gasteiger partial charge in [-0.25, -0.2) is 0 Å². The van der Waals surface area contributed by atoms with Gasteiger partial charge in [-0.15, -0.1) is 0 Å². The van der Waals surface area contributed by atoms with Crippen molar-refractivity contribution in [3.8, 4) is 0 Å². The van der Waals surface area contributed by atoms with Crippen molar-refractivity contribution in [1.29, 1.82) is 0 Å². The van der Waals surface area contributed by atoms with E-state index in [1.807, 2.05) is 26.0 Å². The lowest BCUT2D eigenvalue weighted by Crippen LogP contribution is -2.60. The summed E-state index contributed by atoms with van der Waals surface area (Å²) >= 11 is 0. The van der Waals surface area contributed by atoms with Gasteiger partial charge in [-0.2, -0.15) is 0 Å². The number of aliphatic hydroxyl groups excluding tert-OH is 18. The van der Waals surface area contributed by atoms with Gasteiger partial charge in [0.2, 0.25) is 0 Å². The third kappa shape index (κ3) is 30.4. The molecule has 0 aliphatic carbocycles. The van der Waals surface area contributed by atoms with Gasteiger partial charge in [0.05, 0.1) is 92.1 Å². The van der Waals surface area contributed by atoms with E-state index < -0.39 is 188 Å². The quantitative estimate of drug-likeness (QED) is 0.0845. The van der Waals surface area contributed by atoms with Crippen LogP contribution in [0.2, 0.25) is 0 Å². The van der Waals surface area contributed by atoms with Crippen molar-refractivity contribution in [1.82, 2.24) is 0 Å². The maximum absolute atomic E-state index is 13.5. The van der Waals surface area contributed by atoms with Gasteiger partial charge in [0.25, 0.3) is 0 Å². The normalized spacial score (nSPS) is 42.5. The fraction of sp³-hybridized carbons (Fsp3) is 0.875. The summed E-state index contributed by atoms with van der Waals surface area (Å²) in [4.78, 5) is 13.5. The van der Waals surface area contributed by atoms with Crippen LogP contribution in [0.4, 0.5) is 0 Å². The molecule has 1 fully saturated rings. The number of carbonyl (C=O) groups excluding carboxylic acids is 1. The lowest BCUT2D eigenvalue weighted by Gasteiger charge is -2.41. The summed E-state index contributed by atoms with van der Waals surface area (Å²) in [5.74, 6) is -6.35. The van der Waals surface area contributed by atoms with E-state index in [0.29, 0.717) is 57.1 Å². The number of carbonyl (C=O) groups is 1. The number of cyclic esters (lactones) is 1. The lowest BCUT2D eigenvalue weighted by atomic mass is 9.81. The topological polar surface area (TPSA) is 435 Å². The van der Waals surface area contributed by atoms with Crippen molar-refractivity contribution in [3.05, 3.63) is 47.6 Å². The van der Waals surface area contributed by atoms with Gasteiger partial charge in [-0.3, -0.25) is 4.79 Å². The van der Waals surface area contributed by atoms with Crippen LogP contribution in [0.25, 0.3) is 0 Å². The Bertz CT molecular complexity index is 2190. The lowest BCUT2D eigenvalue weighted by molar-refractivity contribution is -0.314. The van der Waals surface area contributed by atoms with Gasteiger partial charge in [-0.1, -0.05) is 138 Å². The molecule has 2 aliphatic heterocycles. The second-order valence-corrected chi connectivity index (χ2v) is 29.0. The van der Waals surface area contributed by atoms with Crippen molar-refractivity contribution in [2.24, 2.45) is 64.9 Å². The molecule has 0 radical (unpaired) electrons. The van der Waals surface area contributed by atoms with Crippen LogP contribution in [0, 0.1) is 59.2 Å². The monoisotopic (exact) mass is 1360 g/mol. The number of rotatable bonds is 10. The van der Waals surface area contributed by atoms with Gasteiger partial charge >= 0.3 is 5.97 Å². The van der Waals surface area contributed by atoms with Gasteiger partial charge in [-0.05, 0) is 114 Å². The highest BCUT2D eigenvalue weighted by Gasteiger charge is 2.46. The molecule has 1 saturated heterocycles. The molecule has 23 nitrogen and oxygen atoms in total. The average molecular weight is 1360 g/mol. The number of hydrogen-bond acceptors (Lipinski definition) is 23. The zero-order valence-corrected chi connectivity index (χ0v) is 59.3. The fourth-order valence-corrected chi connectivity index (χ4v) is 13.2. The van der Waals surface area contributed by atoms with Crippen LogP contribution in [-0.2, 0) is 19.0 Å². The van der Waals surface area contributed by atoms with Crippen LogP contribution < -0.4 is 5.73 Å². The molecule has 2 aliphatic rings. The first-order valence-electron chi connectivity index (χ1n) is 35.6. The largest absolute Gasteiger partial charge is 0.462 e. The van der Waals surface area contributed by atoms with Crippen LogP contribution >= 0.6 is 0 Å². The molecule has 23 heteroatoms. The molecule has 558 valence electrons. The molecule has 95 heavy (non-hydrogen) atoms. The van der Waals surface area contributed by atoms with Crippen LogP contribution in [0.5, 0.6) is 0 Å². The predicted octanol–water partition coefficient (Wildman–Crippen LogP) is 3.50. The Morgan fingerprint density at radius 2 is 1.06 bits per heavy atom. The van der Waals surface area contributed by atoms with E-state index in [1.165, 1.54) is 19.1 Å². The second kappa shape index (κ2) is 45.5. The van der Waals surface area contributed by atoms with E-state index >= 15 is 0 Å². The average Bonchev–Trinajstić information content (AvgIpc) is 0.820. The van der Waals surface area contributed by atoms with Crippen molar-refractivity contribution < 1.29 is 111 Å². The molecule has 2 heterocycles. The third-order valence-electron chi connectivity index (χ3n) is 20.8. The molecular weight excluding hydrogens is 1230 g/mol. The molecule has 31 atom stereocenters. The molecule has 0 aromatic heterocycles. The molecule has 31 unspecified atom stereocenters. The number of allylic oxidation sites excluding steroid dienone is 1. The van der Waals surface area contributed by atoms with E-state index in [9.17, 15) is 96.7 Å². The Morgan fingerprint density at radius 1 is 0.516 bits per heavy atom. The van der Waals surface area contributed by atoms with Crippen molar-refractivity contribution in [2.75, 3.05) is 13.2 Å². The van der Waals surface area contributed by atoms with Crippen molar-refractivity contribution in [2.45, 2.75) is 327 Å². The van der Waals surface area contributed by atoms with E-state index in [2.05, 4.69) is 0 Å². The van der Waals surface area contributed by atoms with Crippen LogP contribution in [0.15, 0.2) is 47.6 Å². The SMILES string of the molecule is CC1=CC(C)C(O)C(C)=CC(OC2OC(CO)C(O)C(O)C2O)C(O)C(C)C(O)CC(O)C=CC(C)C(O)C(C)CCC(O)CC(O)C(C)C(O)C(C)C(O)CC(O)CC(O)C(C)C(C(C)CCCCCCN)OC(=O)CCCCCC(O)C(C)C(O)CCC=CC(C)C1O. The Hall–Kier alpha value is -2.41. The summed E-state index contributed by atoms with van der Waals surface area (Å²) in [6, 6.07) is 0. The minimum Gasteiger partial charge on any atom is -0.462 e. The number of esters is 1. The molecule has 0 amide bonds. The molecule has 0 aromatic carbocycles. The van der Waals surface area contributed by atoms with Crippen LogP contribution in [0.1, 0.15) is 199 Å². The molecule has 0 spiro atoms. The Labute approximate surface area is 567 Å². The van der Waals surface area contributed by atoms with E-state index in [1.54, 1.807) is 74.5 Å². The standard InChI is InChI=1S/C72H133NO22/c1-39-22-19-20-25-55(79)46(8)54(78)24-17-15-18-26-62(84)95-71(42(4)23-16-13-14-21-31-73)50(12)59(83)37-53(77)36-58(82)48(10)66(88)47(9)56(80)34-51(75)29-27-40(2)63(85)41(3)28-30-52(76)35-57(81)49(11)67(89)60(33-45(7)65(87)44(6)32-43(5)64(39)86)93-72-70(92)69(91)68(90)61(38-74)94-72/h19,22,28,30,32-33,39-42,44,46-61,63-72,74-83,85-92H,13-18,20-21,23-27,29,31,34-38,73H2,1-12H3. The van der Waals surface area contributed by atoms with Gasteiger partial charge in [0, 0.05) is 60.2 Å². The third-order valence-corrected chi connectivity index (χ3v) is 20.8. The smallest absolute Gasteiger partial charge is 0.306 e. The molecule has 2 rings (SSSR count). The highest BCUT2D eigenvalue weighted by molar-refractivity contribution is 5.69. The van der Waals surface area contributed by atoms with E-state index in [0.717, 1.165) is 32.1 Å². The minimum absolute atomic E-state index is 0.104. The number of unbranched alkanes of at least 4 members (excludes halogenated alkanes) is 3. The zero-order chi connectivity index (χ0) is 72.1. The predicted molar refractivity (Wildman–Crippen MR) is 362 cm³/mol. The van der Waals surface area contributed by atoms with Crippen molar-refractivity contribution in [3.63, 3.8) is 0 Å². The summed E-state index contributed by atoms with van der Waals surface area (Å²) in [6.07, 6.45) is -10.2.